The Kier molecular flexibility index (Phi) is 7.06. The average molecular weight is 349 g/mol. The quantitative estimate of drug-likeness (QED) is 0.782. The minimum absolute atomic E-state index is 0.0228. The number of hydrogen-bond acceptors (Lipinski definition) is 5. The van der Waals surface area contributed by atoms with Crippen molar-refractivity contribution < 1.29 is 19.1 Å². The fraction of sp³-hybridized carbons (Fsp3) is 0.556. The first-order valence-electron chi connectivity index (χ1n) is 8.56. The van der Waals surface area contributed by atoms with Gasteiger partial charge in [0, 0.05) is 26.1 Å². The molecule has 2 N–H and O–H groups in total. The molecular weight excluding hydrogens is 322 g/mol. The summed E-state index contributed by atoms with van der Waals surface area (Å²) < 4.78 is 10.5. The van der Waals surface area contributed by atoms with Crippen molar-refractivity contribution in [3.63, 3.8) is 0 Å². The van der Waals surface area contributed by atoms with Crippen LogP contribution in [0.1, 0.15) is 25.7 Å². The van der Waals surface area contributed by atoms with Gasteiger partial charge in [0.25, 0.3) is 0 Å². The zero-order valence-corrected chi connectivity index (χ0v) is 15.1. The van der Waals surface area contributed by atoms with Gasteiger partial charge in [0.05, 0.1) is 25.9 Å². The molecule has 0 saturated carbocycles. The van der Waals surface area contributed by atoms with Gasteiger partial charge in [0.2, 0.25) is 11.8 Å². The van der Waals surface area contributed by atoms with Crippen molar-refractivity contribution >= 4 is 17.5 Å². The second-order valence-corrected chi connectivity index (χ2v) is 6.03. The molecule has 2 rings (SSSR count). The van der Waals surface area contributed by atoms with Gasteiger partial charge in [0.1, 0.15) is 11.5 Å². The summed E-state index contributed by atoms with van der Waals surface area (Å²) >= 11 is 0. The summed E-state index contributed by atoms with van der Waals surface area (Å²) in [7, 11) is 4.78. The van der Waals surface area contributed by atoms with E-state index >= 15 is 0 Å². The zero-order chi connectivity index (χ0) is 18.2. The molecule has 1 aromatic rings. The molecule has 1 atom stereocenters. The Balaban J connectivity index is 1.95. The summed E-state index contributed by atoms with van der Waals surface area (Å²) in [6, 6.07) is 5.11. The molecule has 138 valence electrons. The van der Waals surface area contributed by atoms with E-state index in [1.54, 1.807) is 39.5 Å². The lowest BCUT2D eigenvalue weighted by atomic mass is 10.0. The number of carbonyl (C=O) groups is 2. The van der Waals surface area contributed by atoms with E-state index in [1.165, 1.54) is 0 Å². The molecule has 7 nitrogen and oxygen atoms in total. The monoisotopic (exact) mass is 349 g/mol. The highest BCUT2D eigenvalue weighted by molar-refractivity contribution is 5.92. The minimum Gasteiger partial charge on any atom is -0.497 e. The Morgan fingerprint density at radius 2 is 2.04 bits per heavy atom. The van der Waals surface area contributed by atoms with Crippen molar-refractivity contribution in [3.05, 3.63) is 18.2 Å². The molecule has 1 aliphatic rings. The highest BCUT2D eigenvalue weighted by Crippen LogP contribution is 2.29. The van der Waals surface area contributed by atoms with Crippen LogP contribution in [-0.2, 0) is 9.59 Å². The van der Waals surface area contributed by atoms with E-state index in [2.05, 4.69) is 15.5 Å². The van der Waals surface area contributed by atoms with Gasteiger partial charge < -0.3 is 20.1 Å². The topological polar surface area (TPSA) is 79.9 Å². The van der Waals surface area contributed by atoms with Crippen molar-refractivity contribution in [2.75, 3.05) is 39.7 Å². The molecule has 1 fully saturated rings. The number of carbonyl (C=O) groups excluding carboxylic acids is 2. The van der Waals surface area contributed by atoms with Crippen LogP contribution < -0.4 is 20.1 Å². The van der Waals surface area contributed by atoms with Crippen LogP contribution in [0.4, 0.5) is 5.69 Å². The number of methoxy groups -OCH3 is 2. The zero-order valence-electron chi connectivity index (χ0n) is 15.1. The number of hydrogen-bond donors (Lipinski definition) is 2. The number of anilines is 1. The number of likely N-dealkylation sites (tertiary alicyclic amines) is 1. The van der Waals surface area contributed by atoms with Crippen LogP contribution in [0.3, 0.4) is 0 Å². The van der Waals surface area contributed by atoms with E-state index in [0.29, 0.717) is 30.2 Å². The molecule has 0 unspecified atom stereocenters. The summed E-state index contributed by atoms with van der Waals surface area (Å²) in [6.45, 7) is 1.39. The Bertz CT molecular complexity index is 606. The lowest BCUT2D eigenvalue weighted by Crippen LogP contribution is -2.49. The molecule has 0 spiro atoms. The summed E-state index contributed by atoms with van der Waals surface area (Å²) in [4.78, 5) is 26.4. The molecule has 1 heterocycles. The van der Waals surface area contributed by atoms with E-state index in [0.717, 1.165) is 25.8 Å². The molecule has 0 aromatic heterocycles. The SMILES string of the molecule is CNC(=O)[C@@H]1CCCCN1CCC(=O)Nc1cc(OC)ccc1OC. The number of rotatable bonds is 7. The van der Waals surface area contributed by atoms with Crippen molar-refractivity contribution in [2.45, 2.75) is 31.7 Å². The normalized spacial score (nSPS) is 17.6. The molecule has 7 heteroatoms. The molecule has 2 amide bonds. The first kappa shape index (κ1) is 19.1. The van der Waals surface area contributed by atoms with E-state index in [4.69, 9.17) is 9.47 Å². The van der Waals surface area contributed by atoms with Gasteiger partial charge in [-0.2, -0.15) is 0 Å². The third-order valence-corrected chi connectivity index (χ3v) is 4.47. The Labute approximate surface area is 148 Å². The van der Waals surface area contributed by atoms with Crippen molar-refractivity contribution in [3.8, 4) is 11.5 Å². The molecule has 0 radical (unpaired) electrons. The Morgan fingerprint density at radius 1 is 1.24 bits per heavy atom. The van der Waals surface area contributed by atoms with Gasteiger partial charge in [-0.1, -0.05) is 6.42 Å². The number of benzene rings is 1. The Hall–Kier alpha value is -2.28. The van der Waals surface area contributed by atoms with Gasteiger partial charge in [-0.15, -0.1) is 0 Å². The van der Waals surface area contributed by atoms with Crippen LogP contribution in [0.15, 0.2) is 18.2 Å². The first-order valence-corrected chi connectivity index (χ1v) is 8.56. The number of amides is 2. The van der Waals surface area contributed by atoms with Gasteiger partial charge in [-0.05, 0) is 31.5 Å². The summed E-state index contributed by atoms with van der Waals surface area (Å²) in [5, 5.41) is 5.57. The molecule has 25 heavy (non-hydrogen) atoms. The van der Waals surface area contributed by atoms with Crippen LogP contribution in [0, 0.1) is 0 Å². The largest absolute Gasteiger partial charge is 0.497 e. The van der Waals surface area contributed by atoms with Crippen molar-refractivity contribution in [1.82, 2.24) is 10.2 Å². The average Bonchev–Trinajstić information content (AvgIpc) is 2.65. The molecule has 1 saturated heterocycles. The molecule has 0 aliphatic carbocycles. The number of nitrogens with one attached hydrogen (secondary N) is 2. The van der Waals surface area contributed by atoms with E-state index < -0.39 is 0 Å². The predicted octanol–water partition coefficient (Wildman–Crippen LogP) is 1.63. The molecule has 1 aromatic carbocycles. The maximum atomic E-state index is 12.3. The van der Waals surface area contributed by atoms with Crippen LogP contribution in [-0.4, -0.2) is 57.1 Å². The lowest BCUT2D eigenvalue weighted by Gasteiger charge is -2.34. The predicted molar refractivity (Wildman–Crippen MR) is 96.1 cm³/mol. The van der Waals surface area contributed by atoms with Gasteiger partial charge in [-0.3, -0.25) is 14.5 Å². The van der Waals surface area contributed by atoms with Crippen molar-refractivity contribution in [2.24, 2.45) is 0 Å². The fourth-order valence-electron chi connectivity index (χ4n) is 3.09. The van der Waals surface area contributed by atoms with E-state index in [9.17, 15) is 9.59 Å². The molecular formula is C18H27N3O4. The van der Waals surface area contributed by atoms with Gasteiger partial charge in [-0.25, -0.2) is 0 Å². The first-order chi connectivity index (χ1) is 12.1. The minimum atomic E-state index is -0.141. The number of ether oxygens (including phenoxy) is 2. The van der Waals surface area contributed by atoms with Gasteiger partial charge in [0.15, 0.2) is 0 Å². The highest BCUT2D eigenvalue weighted by Gasteiger charge is 2.28. The second kappa shape index (κ2) is 9.27. The fourth-order valence-corrected chi connectivity index (χ4v) is 3.09. The third-order valence-electron chi connectivity index (χ3n) is 4.47. The van der Waals surface area contributed by atoms with Crippen LogP contribution >= 0.6 is 0 Å². The summed E-state index contributed by atoms with van der Waals surface area (Å²) in [5.41, 5.74) is 0.577. The maximum Gasteiger partial charge on any atom is 0.237 e. The highest BCUT2D eigenvalue weighted by atomic mass is 16.5. The smallest absolute Gasteiger partial charge is 0.237 e. The summed E-state index contributed by atoms with van der Waals surface area (Å²) in [6.07, 6.45) is 3.25. The van der Waals surface area contributed by atoms with Crippen LogP contribution in [0.2, 0.25) is 0 Å². The second-order valence-electron chi connectivity index (χ2n) is 6.03. The number of piperidine rings is 1. The van der Waals surface area contributed by atoms with E-state index in [-0.39, 0.29) is 17.9 Å². The molecule has 0 bridgehead atoms. The van der Waals surface area contributed by atoms with Gasteiger partial charge >= 0.3 is 0 Å². The van der Waals surface area contributed by atoms with E-state index in [1.807, 2.05) is 0 Å². The maximum absolute atomic E-state index is 12.3. The number of likely N-dealkylation sites (N-methyl/N-ethyl adjacent to an activating group) is 1. The van der Waals surface area contributed by atoms with Crippen LogP contribution in [0.25, 0.3) is 0 Å². The number of nitrogens with zero attached hydrogens (tertiary/aromatic N) is 1. The van der Waals surface area contributed by atoms with Crippen LogP contribution in [0.5, 0.6) is 11.5 Å². The summed E-state index contributed by atoms with van der Waals surface area (Å²) in [5.74, 6) is 1.13. The van der Waals surface area contributed by atoms with Crippen molar-refractivity contribution in [1.29, 1.82) is 0 Å². The Morgan fingerprint density at radius 3 is 2.72 bits per heavy atom. The standard InChI is InChI=1S/C18H27N3O4/c1-19-18(23)15-6-4-5-10-21(15)11-9-17(22)20-14-12-13(24-2)7-8-16(14)25-3/h7-8,12,15H,4-6,9-11H2,1-3H3,(H,19,23)(H,20,22)/t15-/m0/s1. The molecule has 1 aliphatic heterocycles. The lowest BCUT2D eigenvalue weighted by molar-refractivity contribution is -0.128. The third kappa shape index (κ3) is 5.09.